The predicted octanol–water partition coefficient (Wildman–Crippen LogP) is 2.65. The number of aliphatic hydroxyl groups excluding tert-OH is 2. The lowest BCUT2D eigenvalue weighted by Crippen LogP contribution is -2.33. The van der Waals surface area contributed by atoms with Crippen molar-refractivity contribution < 1.29 is 19.7 Å². The third-order valence-corrected chi connectivity index (χ3v) is 6.73. The Kier molecular flexibility index (Phi) is 7.16. The zero-order valence-electron chi connectivity index (χ0n) is 19.9. The Bertz CT molecular complexity index is 1250. The number of aryl methyl sites for hydroxylation is 3. The zero-order chi connectivity index (χ0) is 24.4. The summed E-state index contributed by atoms with van der Waals surface area (Å²) in [6.07, 6.45) is 3.11. The highest BCUT2D eigenvalue weighted by Crippen LogP contribution is 2.31. The second-order valence-electron chi connectivity index (χ2n) is 8.98. The standard InChI is InChI=1S/C27H32N2O5/c1-4-16-9-18-11-20(12-19(18)10-17(16)5-2)28-13-23(31)21-6-7-24(34-25(32)14-30)26-22(21)8-15(3)27(33)29-26/h6-10,20,23,28,30-31H,4-5,11-14H2,1-3H3,(H,29,33). The molecule has 1 atom stereocenters. The first-order valence-corrected chi connectivity index (χ1v) is 11.9. The second kappa shape index (κ2) is 10.1. The molecule has 4 rings (SSSR count). The lowest BCUT2D eigenvalue weighted by molar-refractivity contribution is -0.137. The quantitative estimate of drug-likeness (QED) is 0.301. The van der Waals surface area contributed by atoms with Gasteiger partial charge in [-0.25, -0.2) is 4.79 Å². The van der Waals surface area contributed by atoms with E-state index in [0.29, 0.717) is 28.6 Å². The first-order chi connectivity index (χ1) is 16.3. The SMILES string of the molecule is CCc1cc2c(cc1CC)CC(NCC(O)c1ccc(OC(=O)CO)c3[nH]c(=O)c(C)cc13)C2. The summed E-state index contributed by atoms with van der Waals surface area (Å²) in [5.41, 5.74) is 6.73. The predicted molar refractivity (Wildman–Crippen MR) is 131 cm³/mol. The number of fused-ring (bicyclic) bond motifs is 2. The van der Waals surface area contributed by atoms with Gasteiger partial charge < -0.3 is 25.3 Å². The number of carbonyl (C=O) groups excluding carboxylic acids is 1. The van der Waals surface area contributed by atoms with E-state index in [1.165, 1.54) is 28.3 Å². The highest BCUT2D eigenvalue weighted by Gasteiger charge is 2.24. The Morgan fingerprint density at radius 2 is 1.79 bits per heavy atom. The fourth-order valence-electron chi connectivity index (χ4n) is 4.89. The van der Waals surface area contributed by atoms with Crippen molar-refractivity contribution in [2.45, 2.75) is 58.6 Å². The number of H-pyrrole nitrogens is 1. The Hall–Kier alpha value is -3.00. The van der Waals surface area contributed by atoms with E-state index in [1.807, 2.05) is 0 Å². The van der Waals surface area contributed by atoms with Gasteiger partial charge in [-0.2, -0.15) is 0 Å². The molecule has 34 heavy (non-hydrogen) atoms. The molecule has 1 aromatic heterocycles. The molecular weight excluding hydrogens is 432 g/mol. The van der Waals surface area contributed by atoms with Crippen LogP contribution in [0.3, 0.4) is 0 Å². The molecule has 0 fully saturated rings. The van der Waals surface area contributed by atoms with E-state index in [0.717, 1.165) is 25.7 Å². The topological polar surface area (TPSA) is 112 Å². The van der Waals surface area contributed by atoms with Crippen LogP contribution >= 0.6 is 0 Å². The molecule has 0 bridgehead atoms. The molecule has 2 aromatic carbocycles. The van der Waals surface area contributed by atoms with Crippen molar-refractivity contribution >= 4 is 16.9 Å². The van der Waals surface area contributed by atoms with Crippen molar-refractivity contribution in [3.05, 3.63) is 74.1 Å². The van der Waals surface area contributed by atoms with E-state index in [4.69, 9.17) is 9.84 Å². The molecule has 3 aromatic rings. The van der Waals surface area contributed by atoms with E-state index in [2.05, 4.69) is 36.3 Å². The van der Waals surface area contributed by atoms with Crippen LogP contribution in [0.15, 0.2) is 35.1 Å². The number of benzene rings is 2. The molecule has 1 heterocycles. The Balaban J connectivity index is 1.53. The lowest BCUT2D eigenvalue weighted by atomic mass is 9.97. The number of hydrogen-bond acceptors (Lipinski definition) is 6. The van der Waals surface area contributed by atoms with Crippen LogP contribution in [0.5, 0.6) is 5.75 Å². The number of nitrogens with one attached hydrogen (secondary N) is 2. The van der Waals surface area contributed by atoms with Crippen LogP contribution < -0.4 is 15.6 Å². The average molecular weight is 465 g/mol. The van der Waals surface area contributed by atoms with E-state index < -0.39 is 18.7 Å². The summed E-state index contributed by atoms with van der Waals surface area (Å²) in [5.74, 6) is -0.685. The second-order valence-corrected chi connectivity index (χ2v) is 8.98. The van der Waals surface area contributed by atoms with Gasteiger partial charge in [0.15, 0.2) is 5.75 Å². The molecular formula is C27H32N2O5. The minimum atomic E-state index is -0.823. The van der Waals surface area contributed by atoms with Crippen LogP contribution in [0.1, 0.15) is 53.3 Å². The maximum Gasteiger partial charge on any atom is 0.337 e. The molecule has 0 saturated carbocycles. The molecule has 0 spiro atoms. The number of ether oxygens (including phenoxy) is 1. The van der Waals surface area contributed by atoms with Gasteiger partial charge in [0.25, 0.3) is 5.56 Å². The smallest absolute Gasteiger partial charge is 0.337 e. The largest absolute Gasteiger partial charge is 0.423 e. The summed E-state index contributed by atoms with van der Waals surface area (Å²) >= 11 is 0. The van der Waals surface area contributed by atoms with Gasteiger partial charge >= 0.3 is 5.97 Å². The molecule has 0 radical (unpaired) electrons. The molecule has 180 valence electrons. The Morgan fingerprint density at radius 3 is 2.38 bits per heavy atom. The van der Waals surface area contributed by atoms with E-state index >= 15 is 0 Å². The van der Waals surface area contributed by atoms with E-state index in [1.54, 1.807) is 19.1 Å². The Labute approximate surface area is 198 Å². The molecule has 0 aliphatic heterocycles. The summed E-state index contributed by atoms with van der Waals surface area (Å²) in [6.45, 7) is 5.65. The number of esters is 1. The molecule has 7 heteroatoms. The summed E-state index contributed by atoms with van der Waals surface area (Å²) in [7, 11) is 0. The van der Waals surface area contributed by atoms with Crippen molar-refractivity contribution in [3.63, 3.8) is 0 Å². The molecule has 0 saturated heterocycles. The maximum atomic E-state index is 12.2. The number of hydrogen-bond donors (Lipinski definition) is 4. The number of rotatable bonds is 8. The van der Waals surface area contributed by atoms with Crippen molar-refractivity contribution in [2.24, 2.45) is 0 Å². The average Bonchev–Trinajstić information content (AvgIpc) is 3.24. The molecule has 4 N–H and O–H groups in total. The van der Waals surface area contributed by atoms with Crippen molar-refractivity contribution in [3.8, 4) is 5.75 Å². The van der Waals surface area contributed by atoms with Crippen molar-refractivity contribution in [2.75, 3.05) is 13.2 Å². The minimum Gasteiger partial charge on any atom is -0.423 e. The molecule has 1 unspecified atom stereocenters. The summed E-state index contributed by atoms with van der Waals surface area (Å²) < 4.78 is 5.16. The van der Waals surface area contributed by atoms with Gasteiger partial charge in [0.05, 0.1) is 11.6 Å². The number of pyridine rings is 1. The highest BCUT2D eigenvalue weighted by molar-refractivity contribution is 5.90. The van der Waals surface area contributed by atoms with Gasteiger partial charge in [0.2, 0.25) is 0 Å². The van der Waals surface area contributed by atoms with E-state index in [-0.39, 0.29) is 17.4 Å². The number of aromatic nitrogens is 1. The first kappa shape index (κ1) is 24.1. The van der Waals surface area contributed by atoms with Crippen LogP contribution in [0, 0.1) is 6.92 Å². The molecule has 0 amide bonds. The van der Waals surface area contributed by atoms with Crippen LogP contribution in [0.25, 0.3) is 10.9 Å². The van der Waals surface area contributed by atoms with Gasteiger partial charge in [-0.3, -0.25) is 4.79 Å². The van der Waals surface area contributed by atoms with Gasteiger partial charge in [0.1, 0.15) is 6.61 Å². The maximum absolute atomic E-state index is 12.2. The third kappa shape index (κ3) is 4.78. The van der Waals surface area contributed by atoms with Crippen LogP contribution in [-0.2, 0) is 30.5 Å². The highest BCUT2D eigenvalue weighted by atomic mass is 16.5. The van der Waals surface area contributed by atoms with Gasteiger partial charge in [-0.15, -0.1) is 0 Å². The molecule has 1 aliphatic carbocycles. The van der Waals surface area contributed by atoms with Gasteiger partial charge in [-0.1, -0.05) is 32.0 Å². The lowest BCUT2D eigenvalue weighted by Gasteiger charge is -2.19. The fraction of sp³-hybridized carbons (Fsp3) is 0.407. The first-order valence-electron chi connectivity index (χ1n) is 11.9. The van der Waals surface area contributed by atoms with Crippen LogP contribution in [0.4, 0.5) is 0 Å². The molecule has 7 nitrogen and oxygen atoms in total. The van der Waals surface area contributed by atoms with Gasteiger partial charge in [-0.05, 0) is 72.6 Å². The van der Waals surface area contributed by atoms with E-state index in [9.17, 15) is 14.7 Å². The van der Waals surface area contributed by atoms with Crippen LogP contribution in [-0.4, -0.2) is 40.4 Å². The van der Waals surface area contributed by atoms with Crippen molar-refractivity contribution in [1.29, 1.82) is 0 Å². The Morgan fingerprint density at radius 1 is 1.15 bits per heavy atom. The monoisotopic (exact) mass is 464 g/mol. The summed E-state index contributed by atoms with van der Waals surface area (Å²) in [6, 6.07) is 9.84. The van der Waals surface area contributed by atoms with Crippen molar-refractivity contribution in [1.82, 2.24) is 10.3 Å². The number of aromatic amines is 1. The van der Waals surface area contributed by atoms with Crippen LogP contribution in [0.2, 0.25) is 0 Å². The number of aliphatic hydroxyl groups is 2. The van der Waals surface area contributed by atoms with Gasteiger partial charge in [0, 0.05) is 23.5 Å². The number of carbonyl (C=O) groups is 1. The normalized spacial score (nSPS) is 14.4. The summed E-state index contributed by atoms with van der Waals surface area (Å²) in [4.78, 5) is 26.5. The fourth-order valence-corrected chi connectivity index (χ4v) is 4.89. The minimum absolute atomic E-state index is 0.139. The summed E-state index contributed by atoms with van der Waals surface area (Å²) in [5, 5.41) is 24.2. The zero-order valence-corrected chi connectivity index (χ0v) is 19.9. The third-order valence-electron chi connectivity index (χ3n) is 6.73. The molecule has 1 aliphatic rings.